The number of nitrogens with zero attached hydrogens (tertiary/aromatic N) is 2. The van der Waals surface area contributed by atoms with E-state index >= 15 is 0 Å². The number of ether oxygens (including phenoxy) is 2. The zero-order valence-corrected chi connectivity index (χ0v) is 21.7. The predicted molar refractivity (Wildman–Crippen MR) is 143 cm³/mol. The van der Waals surface area contributed by atoms with Gasteiger partial charge in [-0.3, -0.25) is 9.69 Å². The first-order valence-corrected chi connectivity index (χ1v) is 12.8. The molecule has 1 unspecified atom stereocenters. The molecule has 2 aliphatic rings. The van der Waals surface area contributed by atoms with Crippen molar-refractivity contribution in [3.05, 3.63) is 90.0 Å². The standard InChI is InChI=1S/C31H36N2O3/c1-30-16-17-31(2,33(30)4)21-28(20-30)36-26-14-8-10-23(18-26)22-32(3)29(34)24-11-9-15-27(19-24)35-25-12-6-5-7-13-25/h5-15,18-19,28H,16-17,20-22H2,1-4H3/t28?,30-,31+. The highest BCUT2D eigenvalue weighted by atomic mass is 16.5. The number of fused-ring (bicyclic) bond motifs is 2. The first-order chi connectivity index (χ1) is 17.2. The van der Waals surface area contributed by atoms with E-state index in [4.69, 9.17) is 9.47 Å². The molecular formula is C31H36N2O3. The molecule has 3 aromatic carbocycles. The molecule has 2 bridgehead atoms. The second-order valence-electron chi connectivity index (χ2n) is 11.0. The van der Waals surface area contributed by atoms with Gasteiger partial charge in [-0.25, -0.2) is 0 Å². The van der Waals surface area contributed by atoms with E-state index in [1.807, 2.05) is 73.8 Å². The maximum absolute atomic E-state index is 13.2. The molecule has 0 aliphatic carbocycles. The summed E-state index contributed by atoms with van der Waals surface area (Å²) in [6.07, 6.45) is 4.75. The summed E-state index contributed by atoms with van der Waals surface area (Å²) in [4.78, 5) is 17.5. The largest absolute Gasteiger partial charge is 0.490 e. The normalized spacial score (nSPS) is 25.4. The van der Waals surface area contributed by atoms with E-state index in [-0.39, 0.29) is 23.1 Å². The van der Waals surface area contributed by atoms with Crippen LogP contribution in [0.3, 0.4) is 0 Å². The Labute approximate surface area is 214 Å². The summed E-state index contributed by atoms with van der Waals surface area (Å²) in [6, 6.07) is 25.1. The van der Waals surface area contributed by atoms with Gasteiger partial charge in [0.15, 0.2) is 0 Å². The third kappa shape index (κ3) is 4.98. The molecule has 5 rings (SSSR count). The Balaban J connectivity index is 1.23. The van der Waals surface area contributed by atoms with Crippen LogP contribution in [0.2, 0.25) is 0 Å². The summed E-state index contributed by atoms with van der Waals surface area (Å²) in [6.45, 7) is 5.23. The average molecular weight is 485 g/mol. The molecule has 5 heteroatoms. The smallest absolute Gasteiger partial charge is 0.254 e. The summed E-state index contributed by atoms with van der Waals surface area (Å²) in [5.41, 5.74) is 2.07. The van der Waals surface area contributed by atoms with Gasteiger partial charge in [-0.2, -0.15) is 0 Å². The molecular weight excluding hydrogens is 448 g/mol. The molecule has 2 saturated heterocycles. The number of hydrogen-bond donors (Lipinski definition) is 0. The Morgan fingerprint density at radius 3 is 2.25 bits per heavy atom. The summed E-state index contributed by atoms with van der Waals surface area (Å²) >= 11 is 0. The number of amides is 1. The number of piperidine rings is 1. The van der Waals surface area contributed by atoms with Crippen molar-refractivity contribution in [1.82, 2.24) is 9.80 Å². The molecule has 5 nitrogen and oxygen atoms in total. The summed E-state index contributed by atoms with van der Waals surface area (Å²) in [7, 11) is 4.09. The molecule has 0 saturated carbocycles. The van der Waals surface area contributed by atoms with E-state index in [9.17, 15) is 4.79 Å². The van der Waals surface area contributed by atoms with Crippen LogP contribution >= 0.6 is 0 Å². The maximum Gasteiger partial charge on any atom is 0.254 e. The molecule has 0 radical (unpaired) electrons. The van der Waals surface area contributed by atoms with Crippen molar-refractivity contribution in [1.29, 1.82) is 0 Å². The average Bonchev–Trinajstić information content (AvgIpc) is 2.99. The van der Waals surface area contributed by atoms with Crippen molar-refractivity contribution in [2.45, 2.75) is 63.3 Å². The lowest BCUT2D eigenvalue weighted by Crippen LogP contribution is -2.57. The van der Waals surface area contributed by atoms with Gasteiger partial charge in [-0.05, 0) is 81.8 Å². The lowest BCUT2D eigenvalue weighted by molar-refractivity contribution is -0.0250. The Bertz CT molecular complexity index is 1210. The van der Waals surface area contributed by atoms with E-state index < -0.39 is 0 Å². The first kappa shape index (κ1) is 24.4. The van der Waals surface area contributed by atoms with Crippen molar-refractivity contribution >= 4 is 5.91 Å². The highest BCUT2D eigenvalue weighted by molar-refractivity contribution is 5.94. The van der Waals surface area contributed by atoms with Gasteiger partial charge in [0.25, 0.3) is 5.91 Å². The zero-order chi connectivity index (χ0) is 25.3. The summed E-state index contributed by atoms with van der Waals surface area (Å²) in [5, 5.41) is 0. The quantitative estimate of drug-likeness (QED) is 0.382. The molecule has 0 spiro atoms. The van der Waals surface area contributed by atoms with E-state index in [1.165, 1.54) is 12.8 Å². The van der Waals surface area contributed by atoms with Crippen LogP contribution in [0.15, 0.2) is 78.9 Å². The second kappa shape index (κ2) is 9.62. The van der Waals surface area contributed by atoms with Crippen molar-refractivity contribution < 1.29 is 14.3 Å². The Kier molecular flexibility index (Phi) is 6.52. The van der Waals surface area contributed by atoms with Gasteiger partial charge in [0.1, 0.15) is 23.4 Å². The summed E-state index contributed by atoms with van der Waals surface area (Å²) < 4.78 is 12.4. The van der Waals surface area contributed by atoms with Crippen LogP contribution in [0.5, 0.6) is 17.2 Å². The van der Waals surface area contributed by atoms with Crippen LogP contribution in [0.4, 0.5) is 0 Å². The molecule has 36 heavy (non-hydrogen) atoms. The van der Waals surface area contributed by atoms with Crippen LogP contribution in [0.25, 0.3) is 0 Å². The van der Waals surface area contributed by atoms with E-state index in [0.717, 1.165) is 29.9 Å². The predicted octanol–water partition coefficient (Wildman–Crippen LogP) is 6.54. The Morgan fingerprint density at radius 2 is 1.53 bits per heavy atom. The van der Waals surface area contributed by atoms with Gasteiger partial charge in [0.05, 0.1) is 0 Å². The van der Waals surface area contributed by atoms with E-state index in [0.29, 0.717) is 17.9 Å². The molecule has 0 aromatic heterocycles. The Morgan fingerprint density at radius 1 is 0.889 bits per heavy atom. The lowest BCUT2D eigenvalue weighted by atomic mass is 9.84. The highest BCUT2D eigenvalue weighted by Crippen LogP contribution is 2.50. The van der Waals surface area contributed by atoms with Crippen LogP contribution < -0.4 is 9.47 Å². The van der Waals surface area contributed by atoms with Gasteiger partial charge in [-0.15, -0.1) is 0 Å². The third-order valence-corrected chi connectivity index (χ3v) is 8.18. The third-order valence-electron chi connectivity index (χ3n) is 8.18. The number of carbonyl (C=O) groups excluding carboxylic acids is 1. The van der Waals surface area contributed by atoms with E-state index in [2.05, 4.69) is 31.9 Å². The van der Waals surface area contributed by atoms with Crippen LogP contribution in [-0.2, 0) is 6.54 Å². The topological polar surface area (TPSA) is 42.0 Å². The van der Waals surface area contributed by atoms with E-state index in [1.54, 1.807) is 11.0 Å². The molecule has 2 aliphatic heterocycles. The number of para-hydroxylation sites is 1. The van der Waals surface area contributed by atoms with Crippen molar-refractivity contribution in [3.63, 3.8) is 0 Å². The minimum atomic E-state index is -0.0485. The van der Waals surface area contributed by atoms with Crippen molar-refractivity contribution in [2.24, 2.45) is 0 Å². The fraction of sp³-hybridized carbons (Fsp3) is 0.387. The fourth-order valence-electron chi connectivity index (χ4n) is 5.93. The first-order valence-electron chi connectivity index (χ1n) is 12.8. The van der Waals surface area contributed by atoms with Crippen molar-refractivity contribution in [3.8, 4) is 17.2 Å². The monoisotopic (exact) mass is 484 g/mol. The van der Waals surface area contributed by atoms with Crippen LogP contribution in [0, 0.1) is 0 Å². The van der Waals surface area contributed by atoms with Crippen LogP contribution in [-0.4, -0.2) is 47.0 Å². The SMILES string of the molecule is CN(Cc1cccc(OC2C[C@]3(C)CC[C@](C)(C2)N3C)c1)C(=O)c1cccc(Oc2ccccc2)c1. The molecule has 3 aromatic rings. The van der Waals surface area contributed by atoms with Gasteiger partial charge >= 0.3 is 0 Å². The van der Waals surface area contributed by atoms with Gasteiger partial charge in [0, 0.05) is 43.1 Å². The molecule has 3 atom stereocenters. The number of benzene rings is 3. The molecule has 1 amide bonds. The molecule has 188 valence electrons. The van der Waals surface area contributed by atoms with Crippen molar-refractivity contribution in [2.75, 3.05) is 14.1 Å². The van der Waals surface area contributed by atoms with Gasteiger partial charge in [0.2, 0.25) is 0 Å². The number of hydrogen-bond acceptors (Lipinski definition) is 4. The minimum absolute atomic E-state index is 0.0485. The zero-order valence-electron chi connectivity index (χ0n) is 21.7. The molecule has 0 N–H and O–H groups in total. The molecule has 2 fully saturated rings. The maximum atomic E-state index is 13.2. The highest BCUT2D eigenvalue weighted by Gasteiger charge is 2.54. The minimum Gasteiger partial charge on any atom is -0.490 e. The Hall–Kier alpha value is -3.31. The lowest BCUT2D eigenvalue weighted by Gasteiger charge is -2.49. The van der Waals surface area contributed by atoms with Gasteiger partial charge in [-0.1, -0.05) is 36.4 Å². The number of rotatable bonds is 7. The second-order valence-corrected chi connectivity index (χ2v) is 11.0. The summed E-state index contributed by atoms with van der Waals surface area (Å²) in [5.74, 6) is 2.22. The number of carbonyl (C=O) groups is 1. The van der Waals surface area contributed by atoms with Gasteiger partial charge < -0.3 is 14.4 Å². The molecule has 2 heterocycles. The van der Waals surface area contributed by atoms with Crippen LogP contribution in [0.1, 0.15) is 55.5 Å². The fourth-order valence-corrected chi connectivity index (χ4v) is 5.93.